The summed E-state index contributed by atoms with van der Waals surface area (Å²) in [5.74, 6) is 1.08. The van der Waals surface area contributed by atoms with E-state index in [0.717, 1.165) is 11.8 Å². The fourth-order valence-corrected chi connectivity index (χ4v) is 0.204. The van der Waals surface area contributed by atoms with Crippen LogP contribution in [0, 0.1) is 23.7 Å². The number of carbonyl (C=O) groups excluding carboxylic acids is 2. The van der Waals surface area contributed by atoms with Crippen LogP contribution in [0.25, 0.3) is 0 Å². The summed E-state index contributed by atoms with van der Waals surface area (Å²) in [6.07, 6.45) is 3.41. The molecule has 0 rings (SSSR count). The Morgan fingerprint density at radius 2 is 0.867 bits per heavy atom. The van der Waals surface area contributed by atoms with Gasteiger partial charge in [0, 0.05) is 32.7 Å². The normalized spacial score (nSPS) is 13.3. The number of hydrogen-bond donors (Lipinski definition) is 0. The van der Waals surface area contributed by atoms with Crippen LogP contribution in [-0.2, 0) is 42.3 Å². The monoisotopic (exact) mass is 287 g/mol. The average Bonchev–Trinajstić information content (AvgIpc) is 2.16. The van der Waals surface area contributed by atoms with Crippen LogP contribution < -0.4 is 0 Å². The van der Waals surface area contributed by atoms with Gasteiger partial charge in [-0.05, 0) is 11.8 Å². The Hall–Kier alpha value is 0.444. The molecule has 0 saturated carbocycles. The Balaban J connectivity index is -0.000000187. The van der Waals surface area contributed by atoms with Gasteiger partial charge in [-0.15, -0.1) is 0 Å². The van der Waals surface area contributed by atoms with E-state index in [2.05, 4.69) is 27.7 Å². The van der Waals surface area contributed by atoms with Crippen molar-refractivity contribution in [2.75, 3.05) is 0 Å². The second-order valence-electron chi connectivity index (χ2n) is 4.30. The Labute approximate surface area is 119 Å². The molecule has 2 atom stereocenters. The SMILES string of the molecule is CC(C)C(C)C.CC([C-]=O)C(C)[C-]=O.[Y]. The first-order valence-electron chi connectivity index (χ1n) is 5.12. The van der Waals surface area contributed by atoms with Gasteiger partial charge in [-0.25, -0.2) is 0 Å². The van der Waals surface area contributed by atoms with Crippen molar-refractivity contribution in [3.63, 3.8) is 0 Å². The minimum atomic E-state index is -0.313. The number of rotatable bonds is 4. The molecule has 1 radical (unpaired) electrons. The topological polar surface area (TPSA) is 34.1 Å². The van der Waals surface area contributed by atoms with Crippen molar-refractivity contribution in [3.05, 3.63) is 0 Å². The van der Waals surface area contributed by atoms with Crippen LogP contribution in [0.1, 0.15) is 41.5 Å². The predicted molar refractivity (Wildman–Crippen MR) is 59.4 cm³/mol. The van der Waals surface area contributed by atoms with E-state index in [1.807, 2.05) is 0 Å². The molecule has 0 aromatic carbocycles. The molecule has 15 heavy (non-hydrogen) atoms. The van der Waals surface area contributed by atoms with Gasteiger partial charge in [-0.3, -0.25) is 12.6 Å². The van der Waals surface area contributed by atoms with Crippen LogP contribution >= 0.6 is 0 Å². The fourth-order valence-electron chi connectivity index (χ4n) is 0.204. The molecular formula is C12H22O2Y-2. The second-order valence-corrected chi connectivity index (χ2v) is 4.30. The molecule has 0 aromatic rings. The second kappa shape index (κ2) is 12.5. The molecule has 2 nitrogen and oxygen atoms in total. The molecule has 0 bridgehead atoms. The molecule has 0 saturated heterocycles. The van der Waals surface area contributed by atoms with Crippen molar-refractivity contribution < 1.29 is 42.3 Å². The number of hydrogen-bond acceptors (Lipinski definition) is 2. The van der Waals surface area contributed by atoms with E-state index >= 15 is 0 Å². The van der Waals surface area contributed by atoms with Crippen molar-refractivity contribution in [1.82, 2.24) is 0 Å². The molecule has 0 aliphatic heterocycles. The molecular weight excluding hydrogens is 265 g/mol. The maximum absolute atomic E-state index is 9.80. The Morgan fingerprint density at radius 3 is 0.933 bits per heavy atom. The predicted octanol–water partition coefficient (Wildman–Crippen LogP) is 2.77. The minimum absolute atomic E-state index is 0. The molecule has 0 N–H and O–H groups in total. The van der Waals surface area contributed by atoms with E-state index < -0.39 is 0 Å². The smallest absolute Gasteiger partial charge is 0 e. The van der Waals surface area contributed by atoms with Gasteiger partial charge in [0.05, 0.1) is 0 Å². The third-order valence-electron chi connectivity index (χ3n) is 2.46. The fraction of sp³-hybridized carbons (Fsp3) is 0.833. The van der Waals surface area contributed by atoms with Crippen LogP contribution in [0.5, 0.6) is 0 Å². The third kappa shape index (κ3) is 14.4. The zero-order valence-electron chi connectivity index (χ0n) is 10.7. The van der Waals surface area contributed by atoms with Gasteiger partial charge in [0.1, 0.15) is 0 Å². The van der Waals surface area contributed by atoms with Crippen molar-refractivity contribution in [2.24, 2.45) is 23.7 Å². The van der Waals surface area contributed by atoms with E-state index in [9.17, 15) is 9.59 Å². The molecule has 87 valence electrons. The van der Waals surface area contributed by atoms with Gasteiger partial charge in [-0.2, -0.15) is 11.8 Å². The molecule has 0 aliphatic carbocycles. The molecule has 0 amide bonds. The molecule has 0 aliphatic rings. The van der Waals surface area contributed by atoms with E-state index in [0.29, 0.717) is 0 Å². The minimum Gasteiger partial charge on any atom is -0.542 e. The Morgan fingerprint density at radius 1 is 0.667 bits per heavy atom. The van der Waals surface area contributed by atoms with E-state index in [1.54, 1.807) is 26.4 Å². The van der Waals surface area contributed by atoms with Gasteiger partial charge in [0.2, 0.25) is 0 Å². The summed E-state index contributed by atoms with van der Waals surface area (Å²) >= 11 is 0. The summed E-state index contributed by atoms with van der Waals surface area (Å²) in [6.45, 7) is 12.2. The molecule has 3 heteroatoms. The molecule has 0 spiro atoms. The van der Waals surface area contributed by atoms with Crippen LogP contribution in [0.15, 0.2) is 0 Å². The molecule has 2 unspecified atom stereocenters. The average molecular weight is 287 g/mol. The van der Waals surface area contributed by atoms with E-state index in [-0.39, 0.29) is 44.5 Å². The zero-order valence-corrected chi connectivity index (χ0v) is 13.5. The van der Waals surface area contributed by atoms with E-state index in [1.165, 1.54) is 0 Å². The van der Waals surface area contributed by atoms with Crippen LogP contribution in [0.4, 0.5) is 0 Å². The molecule has 0 heterocycles. The summed E-state index contributed by atoms with van der Waals surface area (Å²) in [4.78, 5) is 19.6. The van der Waals surface area contributed by atoms with Crippen LogP contribution in [0.2, 0.25) is 0 Å². The Bertz CT molecular complexity index is 138. The van der Waals surface area contributed by atoms with Crippen molar-refractivity contribution in [2.45, 2.75) is 41.5 Å². The summed E-state index contributed by atoms with van der Waals surface area (Å²) < 4.78 is 0. The van der Waals surface area contributed by atoms with Gasteiger partial charge in [0.25, 0.3) is 0 Å². The maximum Gasteiger partial charge on any atom is 0 e. The van der Waals surface area contributed by atoms with Crippen molar-refractivity contribution >= 4 is 12.6 Å². The summed E-state index contributed by atoms with van der Waals surface area (Å²) in [5.41, 5.74) is 0. The largest absolute Gasteiger partial charge is 0.542 e. The van der Waals surface area contributed by atoms with Crippen molar-refractivity contribution in [1.29, 1.82) is 0 Å². The first kappa shape index (κ1) is 20.8. The maximum atomic E-state index is 9.80. The van der Waals surface area contributed by atoms with Crippen LogP contribution in [-0.4, -0.2) is 12.6 Å². The zero-order chi connectivity index (χ0) is 11.7. The van der Waals surface area contributed by atoms with Gasteiger partial charge in [-0.1, -0.05) is 41.5 Å². The Kier molecular flexibility index (Phi) is 17.4. The third-order valence-corrected chi connectivity index (χ3v) is 2.46. The van der Waals surface area contributed by atoms with Gasteiger partial charge >= 0.3 is 0 Å². The molecule has 0 aromatic heterocycles. The molecule has 0 fully saturated rings. The standard InChI is InChI=1S/C6H8O2.C6H14.Y/c1-5(3-7)6(2)4-8;1-5(2)6(3)4;/h5-6H,1-2H3;5-6H,1-4H3;/q-2;;. The quantitative estimate of drug-likeness (QED) is 0.745. The van der Waals surface area contributed by atoms with Crippen molar-refractivity contribution in [3.8, 4) is 0 Å². The van der Waals surface area contributed by atoms with Gasteiger partial charge < -0.3 is 9.59 Å². The summed E-state index contributed by atoms with van der Waals surface area (Å²) in [5, 5.41) is 0. The first-order chi connectivity index (χ1) is 6.36. The summed E-state index contributed by atoms with van der Waals surface area (Å²) in [6, 6.07) is 0. The summed E-state index contributed by atoms with van der Waals surface area (Å²) in [7, 11) is 0. The first-order valence-corrected chi connectivity index (χ1v) is 5.12. The van der Waals surface area contributed by atoms with Gasteiger partial charge in [0.15, 0.2) is 0 Å². The van der Waals surface area contributed by atoms with Crippen LogP contribution in [0.3, 0.4) is 0 Å². The van der Waals surface area contributed by atoms with E-state index in [4.69, 9.17) is 0 Å².